The van der Waals surface area contributed by atoms with Gasteiger partial charge in [-0.2, -0.15) is 4.31 Å². The molecule has 5 nitrogen and oxygen atoms in total. The fraction of sp³-hybridized carbons (Fsp3) is 0.476. The molecular formula is C21H28N2O3S2. The van der Waals surface area contributed by atoms with Crippen molar-refractivity contribution in [3.8, 4) is 0 Å². The molecule has 1 aromatic heterocycles. The third-order valence-corrected chi connectivity index (χ3v) is 8.42. The van der Waals surface area contributed by atoms with Crippen LogP contribution >= 0.6 is 11.3 Å². The number of nitrogens with zero attached hydrogens (tertiary/aromatic N) is 2. The smallest absolute Gasteiger partial charge is 0.243 e. The molecule has 0 N–H and O–H groups in total. The first-order chi connectivity index (χ1) is 13.2. The van der Waals surface area contributed by atoms with Crippen LogP contribution in [0.3, 0.4) is 0 Å². The molecule has 1 fully saturated rings. The van der Waals surface area contributed by atoms with Crippen molar-refractivity contribution in [2.24, 2.45) is 5.92 Å². The number of carbonyl (C=O) groups is 1. The van der Waals surface area contributed by atoms with E-state index >= 15 is 0 Å². The summed E-state index contributed by atoms with van der Waals surface area (Å²) < 4.78 is 27.9. The Kier molecular flexibility index (Phi) is 6.27. The zero-order valence-corrected chi connectivity index (χ0v) is 18.6. The Morgan fingerprint density at radius 1 is 1.18 bits per heavy atom. The number of rotatable bonds is 5. The lowest BCUT2D eigenvalue weighted by atomic mass is 9.96. The molecule has 1 aliphatic rings. The van der Waals surface area contributed by atoms with Gasteiger partial charge in [0.15, 0.2) is 0 Å². The monoisotopic (exact) mass is 420 g/mol. The van der Waals surface area contributed by atoms with Crippen LogP contribution in [0.4, 0.5) is 0 Å². The normalized spacial score (nSPS) is 16.3. The molecular weight excluding hydrogens is 392 g/mol. The molecule has 1 aliphatic heterocycles. The maximum absolute atomic E-state index is 13.2. The second-order valence-electron chi connectivity index (χ2n) is 7.68. The van der Waals surface area contributed by atoms with Gasteiger partial charge in [-0.3, -0.25) is 4.79 Å². The van der Waals surface area contributed by atoms with Crippen LogP contribution in [0.25, 0.3) is 0 Å². The van der Waals surface area contributed by atoms with E-state index in [1.165, 1.54) is 0 Å². The highest BCUT2D eigenvalue weighted by molar-refractivity contribution is 7.89. The quantitative estimate of drug-likeness (QED) is 0.741. The fourth-order valence-electron chi connectivity index (χ4n) is 4.07. The Balaban J connectivity index is 1.67. The van der Waals surface area contributed by atoms with Crippen molar-refractivity contribution < 1.29 is 13.2 Å². The fourth-order valence-corrected chi connectivity index (χ4v) is 6.71. The van der Waals surface area contributed by atoms with Crippen LogP contribution in [0.1, 0.15) is 34.4 Å². The van der Waals surface area contributed by atoms with Gasteiger partial charge in [-0.25, -0.2) is 8.42 Å². The molecule has 0 spiro atoms. The van der Waals surface area contributed by atoms with E-state index in [-0.39, 0.29) is 11.8 Å². The van der Waals surface area contributed by atoms with Gasteiger partial charge in [0.25, 0.3) is 0 Å². The van der Waals surface area contributed by atoms with Crippen LogP contribution in [-0.2, 0) is 21.4 Å². The lowest BCUT2D eigenvalue weighted by molar-refractivity contribution is -0.135. The molecule has 0 atom stereocenters. The lowest BCUT2D eigenvalue weighted by Crippen LogP contribution is -2.43. The number of thiophene rings is 1. The van der Waals surface area contributed by atoms with Gasteiger partial charge in [0.2, 0.25) is 15.9 Å². The number of hydrogen-bond donors (Lipinski definition) is 0. The average molecular weight is 421 g/mol. The first-order valence-corrected chi connectivity index (χ1v) is 11.9. The van der Waals surface area contributed by atoms with Crippen molar-refractivity contribution in [3.05, 3.63) is 51.2 Å². The van der Waals surface area contributed by atoms with E-state index in [1.807, 2.05) is 57.5 Å². The Hall–Kier alpha value is -1.70. The number of carbonyl (C=O) groups excluding carboxylic acids is 1. The largest absolute Gasteiger partial charge is 0.340 e. The van der Waals surface area contributed by atoms with Gasteiger partial charge in [-0.15, -0.1) is 11.3 Å². The average Bonchev–Trinajstić information content (AvgIpc) is 3.13. The van der Waals surface area contributed by atoms with Gasteiger partial charge in [-0.05, 0) is 56.2 Å². The van der Waals surface area contributed by atoms with Crippen LogP contribution in [0, 0.1) is 26.7 Å². The Bertz CT molecular complexity index is 921. The summed E-state index contributed by atoms with van der Waals surface area (Å²) in [4.78, 5) is 16.1. The van der Waals surface area contributed by atoms with Gasteiger partial charge >= 0.3 is 0 Å². The van der Waals surface area contributed by atoms with Gasteiger partial charge in [0.05, 0.1) is 11.4 Å². The predicted octanol–water partition coefficient (Wildman–Crippen LogP) is 3.73. The van der Waals surface area contributed by atoms with E-state index in [4.69, 9.17) is 0 Å². The molecule has 0 unspecified atom stereocenters. The summed E-state index contributed by atoms with van der Waals surface area (Å²) in [5.41, 5.74) is 2.63. The summed E-state index contributed by atoms with van der Waals surface area (Å²) in [6.45, 7) is 7.05. The lowest BCUT2D eigenvalue weighted by Gasteiger charge is -2.33. The molecule has 0 saturated carbocycles. The van der Waals surface area contributed by atoms with E-state index in [1.54, 1.807) is 20.5 Å². The number of amides is 1. The number of hydrogen-bond acceptors (Lipinski definition) is 4. The van der Waals surface area contributed by atoms with Crippen molar-refractivity contribution in [2.45, 2.75) is 45.1 Å². The molecule has 1 amide bonds. The number of aryl methyl sites for hydroxylation is 3. The van der Waals surface area contributed by atoms with E-state index in [0.29, 0.717) is 37.4 Å². The Labute approximate surface area is 172 Å². The first-order valence-electron chi connectivity index (χ1n) is 9.55. The number of piperidine rings is 1. The van der Waals surface area contributed by atoms with Crippen LogP contribution in [0.2, 0.25) is 0 Å². The molecule has 0 radical (unpaired) electrons. The molecule has 3 rings (SSSR count). The van der Waals surface area contributed by atoms with Crippen LogP contribution in [0.15, 0.2) is 34.5 Å². The highest BCUT2D eigenvalue weighted by Gasteiger charge is 2.34. The Morgan fingerprint density at radius 3 is 2.32 bits per heavy atom. The molecule has 1 saturated heterocycles. The van der Waals surface area contributed by atoms with Crippen molar-refractivity contribution in [3.63, 3.8) is 0 Å². The minimum atomic E-state index is -3.54. The maximum atomic E-state index is 13.2. The third-order valence-electron chi connectivity index (χ3n) is 5.36. The predicted molar refractivity (Wildman–Crippen MR) is 113 cm³/mol. The maximum Gasteiger partial charge on any atom is 0.243 e. The van der Waals surface area contributed by atoms with Crippen LogP contribution in [-0.4, -0.2) is 43.7 Å². The summed E-state index contributed by atoms with van der Waals surface area (Å²) >= 11 is 1.64. The van der Waals surface area contributed by atoms with E-state index < -0.39 is 10.0 Å². The van der Waals surface area contributed by atoms with Gasteiger partial charge < -0.3 is 4.90 Å². The summed E-state index contributed by atoms with van der Waals surface area (Å²) in [5.74, 6) is -0.00947. The molecule has 2 aromatic rings. The minimum Gasteiger partial charge on any atom is -0.340 e. The zero-order valence-electron chi connectivity index (χ0n) is 16.9. The highest BCUT2D eigenvalue weighted by atomic mass is 32.2. The number of benzene rings is 1. The Morgan fingerprint density at radius 2 is 1.79 bits per heavy atom. The van der Waals surface area contributed by atoms with Gasteiger partial charge in [-0.1, -0.05) is 23.8 Å². The van der Waals surface area contributed by atoms with Crippen molar-refractivity contribution >= 4 is 27.3 Å². The molecule has 7 heteroatoms. The van der Waals surface area contributed by atoms with Crippen molar-refractivity contribution in [1.29, 1.82) is 0 Å². The molecule has 152 valence electrons. The van der Waals surface area contributed by atoms with Crippen molar-refractivity contribution in [2.75, 3.05) is 20.1 Å². The first kappa shape index (κ1) is 21.0. The summed E-state index contributed by atoms with van der Waals surface area (Å²) in [6.07, 6.45) is 1.13. The summed E-state index contributed by atoms with van der Waals surface area (Å²) in [5, 5.41) is 2.01. The summed E-state index contributed by atoms with van der Waals surface area (Å²) in [6, 6.07) is 7.83. The third kappa shape index (κ3) is 4.31. The molecule has 0 aliphatic carbocycles. The zero-order chi connectivity index (χ0) is 20.5. The van der Waals surface area contributed by atoms with Crippen LogP contribution in [0.5, 0.6) is 0 Å². The number of sulfonamides is 1. The van der Waals surface area contributed by atoms with E-state index in [0.717, 1.165) is 21.6 Å². The van der Waals surface area contributed by atoms with Gasteiger partial charge in [0.1, 0.15) is 0 Å². The topological polar surface area (TPSA) is 57.7 Å². The summed E-state index contributed by atoms with van der Waals surface area (Å²) in [7, 11) is -1.72. The molecule has 1 aromatic carbocycles. The standard InChI is InChI=1S/C21H28N2O3S2/c1-15-12-16(2)20(17(3)13-15)28(25,26)23-9-7-18(8-10-23)21(24)22(4)14-19-6-5-11-27-19/h5-6,11-13,18H,7-10,14H2,1-4H3. The van der Waals surface area contributed by atoms with E-state index in [9.17, 15) is 13.2 Å². The minimum absolute atomic E-state index is 0.105. The van der Waals surface area contributed by atoms with Gasteiger partial charge in [0, 0.05) is 30.9 Å². The van der Waals surface area contributed by atoms with E-state index in [2.05, 4.69) is 0 Å². The molecule has 0 bridgehead atoms. The van der Waals surface area contributed by atoms with Crippen LogP contribution < -0.4 is 0 Å². The highest BCUT2D eigenvalue weighted by Crippen LogP contribution is 2.29. The molecule has 28 heavy (non-hydrogen) atoms. The second-order valence-corrected chi connectivity index (χ2v) is 10.6. The molecule has 2 heterocycles. The van der Waals surface area contributed by atoms with Crippen molar-refractivity contribution in [1.82, 2.24) is 9.21 Å². The second kappa shape index (κ2) is 8.35. The SMILES string of the molecule is Cc1cc(C)c(S(=O)(=O)N2CCC(C(=O)N(C)Cc3cccs3)CC2)c(C)c1.